The van der Waals surface area contributed by atoms with E-state index in [1.807, 2.05) is 0 Å². The van der Waals surface area contributed by atoms with Gasteiger partial charge < -0.3 is 9.73 Å². The minimum atomic E-state index is -4.16. The average molecular weight is 474 g/mol. The molecule has 2 amide bonds. The number of halogens is 2. The van der Waals surface area contributed by atoms with Gasteiger partial charge in [-0.25, -0.2) is 13.9 Å². The van der Waals surface area contributed by atoms with Gasteiger partial charge in [-0.1, -0.05) is 23.2 Å². The molecule has 2 aromatic rings. The lowest BCUT2D eigenvalue weighted by atomic mass is 10.1. The third-order valence-corrected chi connectivity index (χ3v) is 7.06. The highest BCUT2D eigenvalue weighted by atomic mass is 35.5. The van der Waals surface area contributed by atoms with E-state index in [2.05, 4.69) is 5.32 Å². The molecule has 160 valence electrons. The second-order valence-electron chi connectivity index (χ2n) is 6.43. The van der Waals surface area contributed by atoms with Crippen LogP contribution in [0.2, 0.25) is 10.0 Å². The van der Waals surface area contributed by atoms with Crippen LogP contribution < -0.4 is 10.8 Å². The molecule has 2 atom stereocenters. The fraction of sp³-hybridized carbons (Fsp3) is 0.222. The molecule has 1 saturated heterocycles. The van der Waals surface area contributed by atoms with Crippen LogP contribution in [0.1, 0.15) is 12.2 Å². The third-order valence-electron chi connectivity index (χ3n) is 4.45. The van der Waals surface area contributed by atoms with E-state index in [0.717, 1.165) is 4.31 Å². The summed E-state index contributed by atoms with van der Waals surface area (Å²) in [7, 11) is -4.16. The summed E-state index contributed by atoms with van der Waals surface area (Å²) in [6.07, 6.45) is 4.11. The fourth-order valence-electron chi connectivity index (χ4n) is 3.05. The van der Waals surface area contributed by atoms with Crippen molar-refractivity contribution < 1.29 is 27.6 Å². The van der Waals surface area contributed by atoms with Crippen LogP contribution in [-0.2, 0) is 19.6 Å². The lowest BCUT2D eigenvalue weighted by molar-refractivity contribution is -0.132. The summed E-state index contributed by atoms with van der Waals surface area (Å²) in [6, 6.07) is 5.19. The molecule has 3 N–H and O–H groups in total. The molecule has 1 aliphatic rings. The molecule has 1 aromatic carbocycles. The first kappa shape index (κ1) is 22.3. The smallest absolute Gasteiger partial charge is 0.261 e. The normalized spacial score (nSPS) is 19.8. The summed E-state index contributed by atoms with van der Waals surface area (Å²) < 4.78 is 32.1. The van der Waals surface area contributed by atoms with Crippen molar-refractivity contribution in [3.05, 3.63) is 58.5 Å². The molecule has 0 radical (unpaired) electrons. The molecule has 1 aromatic heterocycles. The monoisotopic (exact) mass is 473 g/mol. The van der Waals surface area contributed by atoms with Crippen LogP contribution >= 0.6 is 23.2 Å². The highest BCUT2D eigenvalue weighted by molar-refractivity contribution is 7.89. The van der Waals surface area contributed by atoms with Crippen molar-refractivity contribution in [2.75, 3.05) is 6.54 Å². The number of nitrogens with one attached hydrogen (secondary N) is 2. The molecular formula is C18H17Cl2N3O6S. The zero-order chi connectivity index (χ0) is 21.9. The molecule has 0 aliphatic carbocycles. The molecule has 2 heterocycles. The van der Waals surface area contributed by atoms with Gasteiger partial charge in [-0.05, 0) is 42.8 Å². The van der Waals surface area contributed by atoms with Crippen LogP contribution in [0.4, 0.5) is 0 Å². The van der Waals surface area contributed by atoms with E-state index < -0.39 is 33.9 Å². The number of sulfonamides is 1. The summed E-state index contributed by atoms with van der Waals surface area (Å²) in [4.78, 5) is 24.1. The quantitative estimate of drug-likeness (QED) is 0.334. The molecule has 0 spiro atoms. The number of carbonyl (C=O) groups is 2. The molecule has 3 rings (SSSR count). The lowest BCUT2D eigenvalue weighted by Crippen LogP contribution is -2.45. The Kier molecular flexibility index (Phi) is 6.84. The van der Waals surface area contributed by atoms with E-state index in [0.29, 0.717) is 5.76 Å². The first-order chi connectivity index (χ1) is 14.2. The first-order valence-electron chi connectivity index (χ1n) is 8.65. The van der Waals surface area contributed by atoms with E-state index in [-0.39, 0.29) is 27.9 Å². The number of nitrogens with zero attached hydrogens (tertiary/aromatic N) is 1. The summed E-state index contributed by atoms with van der Waals surface area (Å²) in [5.74, 6) is -0.937. The number of hydroxylamine groups is 1. The van der Waals surface area contributed by atoms with E-state index >= 15 is 0 Å². The number of hydrogen-bond donors (Lipinski definition) is 3. The second kappa shape index (κ2) is 9.19. The van der Waals surface area contributed by atoms with Crippen molar-refractivity contribution in [2.45, 2.75) is 23.4 Å². The van der Waals surface area contributed by atoms with Crippen molar-refractivity contribution in [3.8, 4) is 0 Å². The number of rotatable bonds is 6. The number of furan rings is 1. The summed E-state index contributed by atoms with van der Waals surface area (Å²) >= 11 is 11.8. The molecule has 12 heteroatoms. The Balaban J connectivity index is 1.79. The Morgan fingerprint density at radius 2 is 2.00 bits per heavy atom. The van der Waals surface area contributed by atoms with Crippen LogP contribution in [0.15, 0.2) is 52.0 Å². The number of benzene rings is 1. The average Bonchev–Trinajstić information content (AvgIpc) is 3.38. The van der Waals surface area contributed by atoms with Crippen molar-refractivity contribution in [3.63, 3.8) is 0 Å². The minimum Gasteiger partial charge on any atom is -0.465 e. The van der Waals surface area contributed by atoms with Crippen LogP contribution in [0, 0.1) is 0 Å². The van der Waals surface area contributed by atoms with Crippen LogP contribution in [0.3, 0.4) is 0 Å². The summed E-state index contributed by atoms with van der Waals surface area (Å²) in [5.41, 5.74) is 1.47. The van der Waals surface area contributed by atoms with Gasteiger partial charge in [0.25, 0.3) is 5.91 Å². The highest BCUT2D eigenvalue weighted by Gasteiger charge is 2.44. The molecule has 0 saturated carbocycles. The van der Waals surface area contributed by atoms with Gasteiger partial charge in [-0.3, -0.25) is 14.8 Å². The van der Waals surface area contributed by atoms with Gasteiger partial charge in [0.1, 0.15) is 11.8 Å². The maximum Gasteiger partial charge on any atom is 0.261 e. The number of hydrogen-bond acceptors (Lipinski definition) is 6. The maximum atomic E-state index is 13.1. The zero-order valence-electron chi connectivity index (χ0n) is 15.3. The molecule has 1 unspecified atom stereocenters. The Labute approximate surface area is 182 Å². The molecule has 1 fully saturated rings. The van der Waals surface area contributed by atoms with Gasteiger partial charge >= 0.3 is 0 Å². The van der Waals surface area contributed by atoms with E-state index in [1.165, 1.54) is 42.1 Å². The van der Waals surface area contributed by atoms with Crippen LogP contribution in [0.5, 0.6) is 0 Å². The summed E-state index contributed by atoms with van der Waals surface area (Å²) in [6.45, 7) is -0.180. The topological polar surface area (TPSA) is 129 Å². The Bertz CT molecular complexity index is 1070. The standard InChI is InChI=1S/C18H17Cl2N3O6S/c19-14-5-4-13(9-15(14)20)30(27,28)23-10-11(8-16(23)18(25)22-26)21-17(24)6-3-12-2-1-7-29-12/h1-7,9,11,16,26H,8,10H2,(H,21,24)(H,22,25)/b6-3+/t11-,16?/m0/s1. The van der Waals surface area contributed by atoms with Gasteiger partial charge in [0, 0.05) is 18.7 Å². The van der Waals surface area contributed by atoms with Crippen LogP contribution in [0.25, 0.3) is 6.08 Å². The van der Waals surface area contributed by atoms with Crippen molar-refractivity contribution >= 4 is 51.1 Å². The van der Waals surface area contributed by atoms with E-state index in [4.69, 9.17) is 32.8 Å². The minimum absolute atomic E-state index is 0.0344. The number of amides is 2. The van der Waals surface area contributed by atoms with E-state index in [9.17, 15) is 18.0 Å². The van der Waals surface area contributed by atoms with Crippen molar-refractivity contribution in [2.24, 2.45) is 0 Å². The second-order valence-corrected chi connectivity index (χ2v) is 9.14. The van der Waals surface area contributed by atoms with Gasteiger partial charge in [0.05, 0.1) is 21.2 Å². The largest absolute Gasteiger partial charge is 0.465 e. The predicted octanol–water partition coefficient (Wildman–Crippen LogP) is 2.05. The molecule has 0 bridgehead atoms. The van der Waals surface area contributed by atoms with E-state index in [1.54, 1.807) is 12.1 Å². The Morgan fingerprint density at radius 3 is 2.63 bits per heavy atom. The van der Waals surface area contributed by atoms with Gasteiger partial charge in [0.15, 0.2) is 0 Å². The Hall–Kier alpha value is -2.37. The SMILES string of the molecule is O=C(/C=C/c1ccco1)N[C@H]1CC(C(=O)NO)N(S(=O)(=O)c2ccc(Cl)c(Cl)c2)C1. The predicted molar refractivity (Wildman–Crippen MR) is 108 cm³/mol. The maximum absolute atomic E-state index is 13.1. The van der Waals surface area contributed by atoms with Gasteiger partial charge in [0.2, 0.25) is 15.9 Å². The molecule has 9 nitrogen and oxygen atoms in total. The van der Waals surface area contributed by atoms with Crippen LogP contribution in [-0.4, -0.2) is 48.4 Å². The molecular weight excluding hydrogens is 457 g/mol. The molecule has 1 aliphatic heterocycles. The third kappa shape index (κ3) is 4.85. The molecule has 30 heavy (non-hydrogen) atoms. The Morgan fingerprint density at radius 1 is 1.23 bits per heavy atom. The lowest BCUT2D eigenvalue weighted by Gasteiger charge is -2.22. The van der Waals surface area contributed by atoms with Crippen molar-refractivity contribution in [1.82, 2.24) is 15.1 Å². The van der Waals surface area contributed by atoms with Gasteiger partial charge in [-0.15, -0.1) is 0 Å². The fourth-order valence-corrected chi connectivity index (χ4v) is 5.09. The first-order valence-corrected chi connectivity index (χ1v) is 10.8. The van der Waals surface area contributed by atoms with Gasteiger partial charge in [-0.2, -0.15) is 4.31 Å². The highest BCUT2D eigenvalue weighted by Crippen LogP contribution is 2.30. The summed E-state index contributed by atoms with van der Waals surface area (Å²) in [5, 5.41) is 11.9. The number of carbonyl (C=O) groups excluding carboxylic acids is 2. The zero-order valence-corrected chi connectivity index (χ0v) is 17.6. The van der Waals surface area contributed by atoms with Crippen molar-refractivity contribution in [1.29, 1.82) is 0 Å².